The molecule has 0 radical (unpaired) electrons. The summed E-state index contributed by atoms with van der Waals surface area (Å²) in [6, 6.07) is 12.4. The Morgan fingerprint density at radius 2 is 1.88 bits per heavy atom. The van der Waals surface area contributed by atoms with Crippen molar-refractivity contribution in [1.82, 2.24) is 14.9 Å². The van der Waals surface area contributed by atoms with E-state index in [1.807, 2.05) is 29.2 Å². The molecular weight excluding hydrogens is 557 g/mol. The molecule has 220 valence electrons. The standard InChI is InChI=1S/C32H35ClFN5O3/c1-20-15-32(16-20)19-38(22-6-7-23(33)24(34)14-22)26-9-8-25(36-29(26)32)30(41)39-12-11-37(18-31(39,2)3)27-10-5-21(17-35-27)13-28(40)42-4/h5-10,14,17,20H,11-13,15-16,18-19H2,1-4H3. The number of anilines is 3. The molecular formula is C32H35ClFN5O3. The van der Waals surface area contributed by atoms with Crippen LogP contribution in [-0.2, 0) is 21.4 Å². The summed E-state index contributed by atoms with van der Waals surface area (Å²) >= 11 is 5.96. The van der Waals surface area contributed by atoms with Gasteiger partial charge in [0.05, 0.1) is 35.5 Å². The van der Waals surface area contributed by atoms with Gasteiger partial charge in [-0.15, -0.1) is 0 Å². The molecule has 0 bridgehead atoms. The molecule has 1 amide bonds. The fourth-order valence-electron chi connectivity index (χ4n) is 6.93. The van der Waals surface area contributed by atoms with Crippen LogP contribution in [0, 0.1) is 11.7 Å². The maximum absolute atomic E-state index is 14.4. The van der Waals surface area contributed by atoms with Gasteiger partial charge in [-0.2, -0.15) is 0 Å². The van der Waals surface area contributed by atoms with Crippen LogP contribution in [0.25, 0.3) is 0 Å². The van der Waals surface area contributed by atoms with E-state index in [0.717, 1.165) is 41.3 Å². The smallest absolute Gasteiger partial charge is 0.310 e. The molecule has 3 aliphatic rings. The van der Waals surface area contributed by atoms with Gasteiger partial charge in [-0.25, -0.2) is 14.4 Å². The highest BCUT2D eigenvalue weighted by molar-refractivity contribution is 6.30. The third-order valence-electron chi connectivity index (χ3n) is 8.90. The minimum Gasteiger partial charge on any atom is -0.469 e. The molecule has 1 aliphatic carbocycles. The van der Waals surface area contributed by atoms with Crippen molar-refractivity contribution in [3.05, 3.63) is 76.5 Å². The Morgan fingerprint density at radius 3 is 2.52 bits per heavy atom. The van der Waals surface area contributed by atoms with Crippen LogP contribution >= 0.6 is 11.6 Å². The number of benzene rings is 1. The number of methoxy groups -OCH3 is 1. The lowest BCUT2D eigenvalue weighted by Crippen LogP contribution is -2.61. The average Bonchev–Trinajstić information content (AvgIpc) is 3.28. The summed E-state index contributed by atoms with van der Waals surface area (Å²) in [5, 5.41) is 0.0956. The Morgan fingerprint density at radius 1 is 1.10 bits per heavy atom. The largest absolute Gasteiger partial charge is 0.469 e. The van der Waals surface area contributed by atoms with E-state index < -0.39 is 11.4 Å². The Labute approximate surface area is 250 Å². The van der Waals surface area contributed by atoms with Crippen LogP contribution in [0.15, 0.2) is 48.7 Å². The summed E-state index contributed by atoms with van der Waals surface area (Å²) in [7, 11) is 1.37. The van der Waals surface area contributed by atoms with E-state index in [-0.39, 0.29) is 28.7 Å². The Hall–Kier alpha value is -3.72. The van der Waals surface area contributed by atoms with Gasteiger partial charge >= 0.3 is 5.97 Å². The molecule has 0 atom stereocenters. The highest BCUT2D eigenvalue weighted by Gasteiger charge is 2.52. The first-order chi connectivity index (χ1) is 20.0. The maximum Gasteiger partial charge on any atom is 0.310 e. The molecule has 1 saturated heterocycles. The molecule has 2 aromatic heterocycles. The molecule has 1 spiro atoms. The van der Waals surface area contributed by atoms with Crippen LogP contribution in [-0.4, -0.2) is 65.6 Å². The molecule has 42 heavy (non-hydrogen) atoms. The van der Waals surface area contributed by atoms with Crippen LogP contribution in [0.4, 0.5) is 21.6 Å². The molecule has 2 aliphatic heterocycles. The predicted octanol–water partition coefficient (Wildman–Crippen LogP) is 5.55. The molecule has 0 unspecified atom stereocenters. The molecule has 1 aromatic carbocycles. The number of piperazine rings is 1. The number of carbonyl (C=O) groups excluding carboxylic acids is 2. The minimum absolute atomic E-state index is 0.0951. The average molecular weight is 592 g/mol. The highest BCUT2D eigenvalue weighted by atomic mass is 35.5. The van der Waals surface area contributed by atoms with Gasteiger partial charge in [0.1, 0.15) is 17.3 Å². The van der Waals surface area contributed by atoms with Crippen molar-refractivity contribution in [1.29, 1.82) is 0 Å². The van der Waals surface area contributed by atoms with Gasteiger partial charge in [0.2, 0.25) is 0 Å². The second kappa shape index (κ2) is 10.5. The monoisotopic (exact) mass is 591 g/mol. The highest BCUT2D eigenvalue weighted by Crippen LogP contribution is 2.56. The van der Waals surface area contributed by atoms with E-state index in [9.17, 15) is 14.0 Å². The fourth-order valence-corrected chi connectivity index (χ4v) is 7.05. The number of fused-ring (bicyclic) bond motifs is 2. The molecule has 4 heterocycles. The molecule has 0 N–H and O–H groups in total. The first-order valence-corrected chi connectivity index (χ1v) is 14.7. The molecule has 2 fully saturated rings. The summed E-state index contributed by atoms with van der Waals surface area (Å²) < 4.78 is 19.1. The third kappa shape index (κ3) is 4.97. The van der Waals surface area contributed by atoms with Gasteiger partial charge in [0.15, 0.2) is 0 Å². The van der Waals surface area contributed by atoms with Gasteiger partial charge in [0, 0.05) is 43.5 Å². The lowest BCUT2D eigenvalue weighted by Gasteiger charge is -2.47. The SMILES string of the molecule is COC(=O)Cc1ccc(N2CCN(C(=O)c3ccc4c(n3)C3(CC(C)C3)CN4c3ccc(Cl)c(F)c3)C(C)(C)C2)nc1. The summed E-state index contributed by atoms with van der Waals surface area (Å²) in [5.41, 5.74) is 3.18. The summed E-state index contributed by atoms with van der Waals surface area (Å²) in [6.07, 6.45) is 3.84. The first-order valence-electron chi connectivity index (χ1n) is 14.3. The number of rotatable bonds is 5. The van der Waals surface area contributed by atoms with E-state index in [4.69, 9.17) is 21.3 Å². The Bertz CT molecular complexity index is 1540. The van der Waals surface area contributed by atoms with Gasteiger partial charge in [-0.05, 0) is 74.6 Å². The van der Waals surface area contributed by atoms with Gasteiger partial charge in [-0.3, -0.25) is 9.59 Å². The number of nitrogens with zero attached hydrogens (tertiary/aromatic N) is 5. The topological polar surface area (TPSA) is 78.9 Å². The lowest BCUT2D eigenvalue weighted by molar-refractivity contribution is -0.139. The number of pyridine rings is 2. The lowest BCUT2D eigenvalue weighted by atomic mass is 9.61. The number of carbonyl (C=O) groups is 2. The van der Waals surface area contributed by atoms with Gasteiger partial charge in [0.25, 0.3) is 5.91 Å². The van der Waals surface area contributed by atoms with Crippen molar-refractivity contribution >= 4 is 40.7 Å². The summed E-state index contributed by atoms with van der Waals surface area (Å²) in [4.78, 5) is 41.3. The Balaban J connectivity index is 1.22. The zero-order valence-electron chi connectivity index (χ0n) is 24.4. The number of hydrogen-bond donors (Lipinski definition) is 0. The van der Waals surface area contributed by atoms with Gasteiger partial charge in [-0.1, -0.05) is 24.6 Å². The molecule has 6 rings (SSSR count). The fraction of sp³-hybridized carbons (Fsp3) is 0.438. The van der Waals surface area contributed by atoms with E-state index in [0.29, 0.717) is 37.8 Å². The van der Waals surface area contributed by atoms with E-state index in [1.54, 1.807) is 18.3 Å². The number of esters is 1. The van der Waals surface area contributed by atoms with E-state index in [1.165, 1.54) is 13.2 Å². The van der Waals surface area contributed by atoms with E-state index in [2.05, 4.69) is 35.6 Å². The van der Waals surface area contributed by atoms with Crippen molar-refractivity contribution in [3.63, 3.8) is 0 Å². The van der Waals surface area contributed by atoms with Crippen LogP contribution < -0.4 is 9.80 Å². The second-order valence-corrected chi connectivity index (χ2v) is 12.9. The van der Waals surface area contributed by atoms with Crippen molar-refractivity contribution in [2.24, 2.45) is 5.92 Å². The van der Waals surface area contributed by atoms with Crippen LogP contribution in [0.3, 0.4) is 0 Å². The van der Waals surface area contributed by atoms with Crippen molar-refractivity contribution in [2.45, 2.75) is 51.0 Å². The number of aromatic nitrogens is 2. The summed E-state index contributed by atoms with van der Waals surface area (Å²) in [5.74, 6) is 0.520. The van der Waals surface area contributed by atoms with Crippen molar-refractivity contribution < 1.29 is 18.7 Å². The van der Waals surface area contributed by atoms with Crippen LogP contribution in [0.2, 0.25) is 5.02 Å². The van der Waals surface area contributed by atoms with Gasteiger partial charge < -0.3 is 19.4 Å². The number of hydrogen-bond acceptors (Lipinski definition) is 7. The predicted molar refractivity (Wildman–Crippen MR) is 160 cm³/mol. The quantitative estimate of drug-likeness (QED) is 0.360. The minimum atomic E-state index is -0.474. The Kier molecular flexibility index (Phi) is 7.12. The van der Waals surface area contributed by atoms with E-state index >= 15 is 0 Å². The normalized spacial score (nSPS) is 22.6. The molecule has 10 heteroatoms. The van der Waals surface area contributed by atoms with Crippen molar-refractivity contribution in [3.8, 4) is 0 Å². The number of ether oxygens (including phenoxy) is 1. The molecule has 8 nitrogen and oxygen atoms in total. The number of amides is 1. The van der Waals surface area contributed by atoms with Crippen LogP contribution in [0.1, 0.15) is 55.4 Å². The molecule has 3 aromatic rings. The third-order valence-corrected chi connectivity index (χ3v) is 9.20. The first kappa shape index (κ1) is 28.4. The number of halogens is 2. The molecule has 1 saturated carbocycles. The maximum atomic E-state index is 14.4. The second-order valence-electron chi connectivity index (χ2n) is 12.5. The summed E-state index contributed by atoms with van der Waals surface area (Å²) in [6.45, 7) is 8.80. The van der Waals surface area contributed by atoms with Crippen LogP contribution in [0.5, 0.6) is 0 Å². The van der Waals surface area contributed by atoms with Crippen molar-refractivity contribution in [2.75, 3.05) is 43.1 Å². The zero-order chi connectivity index (χ0) is 29.8. The zero-order valence-corrected chi connectivity index (χ0v) is 25.1.